The largest absolute Gasteiger partial charge is 0.489 e. The van der Waals surface area contributed by atoms with Crippen LogP contribution in [0.5, 0.6) is 5.75 Å². The number of hydrogen-bond donors (Lipinski definition) is 1. The van der Waals surface area contributed by atoms with Crippen LogP contribution in [0.2, 0.25) is 0 Å². The summed E-state index contributed by atoms with van der Waals surface area (Å²) in [5.41, 5.74) is 6.20. The molecular weight excluding hydrogens is 266 g/mol. The van der Waals surface area contributed by atoms with Crippen molar-refractivity contribution < 1.29 is 14.2 Å². The van der Waals surface area contributed by atoms with Gasteiger partial charge in [-0.3, -0.25) is 0 Å². The zero-order valence-corrected chi connectivity index (χ0v) is 12.1. The summed E-state index contributed by atoms with van der Waals surface area (Å²) in [4.78, 5) is 0. The highest BCUT2D eigenvalue weighted by Crippen LogP contribution is 2.34. The zero-order chi connectivity index (χ0) is 14.5. The van der Waals surface area contributed by atoms with Gasteiger partial charge < -0.3 is 19.9 Å². The van der Waals surface area contributed by atoms with Crippen LogP contribution in [-0.2, 0) is 9.47 Å². The fourth-order valence-electron chi connectivity index (χ4n) is 2.95. The molecule has 1 aromatic carbocycles. The zero-order valence-electron chi connectivity index (χ0n) is 12.1. The third-order valence-corrected chi connectivity index (χ3v) is 4.02. The number of nitrogens with two attached hydrogens (primary N) is 1. The van der Waals surface area contributed by atoms with Gasteiger partial charge in [0.05, 0.1) is 30.9 Å². The summed E-state index contributed by atoms with van der Waals surface area (Å²) in [6.07, 6.45) is 2.90. The molecule has 0 radical (unpaired) electrons. The molecule has 4 heteroatoms. The molecule has 2 saturated heterocycles. The van der Waals surface area contributed by atoms with Crippen molar-refractivity contribution in [1.29, 1.82) is 0 Å². The lowest BCUT2D eigenvalue weighted by molar-refractivity contribution is -0.112. The fraction of sp³-hybridized carbons (Fsp3) is 0.529. The average Bonchev–Trinajstić information content (AvgIpc) is 2.94. The van der Waals surface area contributed by atoms with E-state index in [1.54, 1.807) is 0 Å². The maximum Gasteiger partial charge on any atom is 0.135 e. The lowest BCUT2D eigenvalue weighted by Gasteiger charge is -2.37. The van der Waals surface area contributed by atoms with Crippen molar-refractivity contribution in [2.45, 2.75) is 31.0 Å². The monoisotopic (exact) mass is 287 g/mol. The minimum Gasteiger partial charge on any atom is -0.489 e. The van der Waals surface area contributed by atoms with E-state index in [2.05, 4.69) is 11.8 Å². The van der Waals surface area contributed by atoms with Gasteiger partial charge in [-0.25, -0.2) is 0 Å². The smallest absolute Gasteiger partial charge is 0.135 e. The van der Waals surface area contributed by atoms with Gasteiger partial charge in [0.15, 0.2) is 0 Å². The van der Waals surface area contributed by atoms with E-state index >= 15 is 0 Å². The van der Waals surface area contributed by atoms with Crippen LogP contribution in [0.3, 0.4) is 0 Å². The van der Waals surface area contributed by atoms with Crippen molar-refractivity contribution in [3.05, 3.63) is 29.8 Å². The van der Waals surface area contributed by atoms with Gasteiger partial charge in [0.1, 0.15) is 11.9 Å². The predicted molar refractivity (Wildman–Crippen MR) is 80.1 cm³/mol. The molecule has 0 bridgehead atoms. The Morgan fingerprint density at radius 1 is 1.33 bits per heavy atom. The lowest BCUT2D eigenvalue weighted by atomic mass is 9.91. The summed E-state index contributed by atoms with van der Waals surface area (Å²) in [5.74, 6) is 6.78. The second kappa shape index (κ2) is 6.48. The third-order valence-electron chi connectivity index (χ3n) is 4.02. The maximum absolute atomic E-state index is 6.19. The SMILES string of the molecule is NCC#Cc1ccccc1OC1CCOC2(CCOC2)C1. The highest BCUT2D eigenvalue weighted by molar-refractivity contribution is 5.46. The van der Waals surface area contributed by atoms with Gasteiger partial charge in [0, 0.05) is 25.9 Å². The summed E-state index contributed by atoms with van der Waals surface area (Å²) in [5, 5.41) is 0. The van der Waals surface area contributed by atoms with Crippen LogP contribution in [0.1, 0.15) is 24.8 Å². The van der Waals surface area contributed by atoms with Crippen molar-refractivity contribution >= 4 is 0 Å². The topological polar surface area (TPSA) is 53.7 Å². The molecule has 2 N–H and O–H groups in total. The number of ether oxygens (including phenoxy) is 3. The summed E-state index contributed by atoms with van der Waals surface area (Å²) in [7, 11) is 0. The number of para-hydroxylation sites is 1. The van der Waals surface area contributed by atoms with Gasteiger partial charge >= 0.3 is 0 Å². The van der Waals surface area contributed by atoms with Crippen molar-refractivity contribution in [2.24, 2.45) is 5.73 Å². The van der Waals surface area contributed by atoms with Crippen LogP contribution in [-0.4, -0.2) is 38.1 Å². The Morgan fingerprint density at radius 3 is 3.05 bits per heavy atom. The molecule has 4 nitrogen and oxygen atoms in total. The summed E-state index contributed by atoms with van der Waals surface area (Å²) < 4.78 is 17.6. The first kappa shape index (κ1) is 14.4. The molecule has 0 amide bonds. The molecule has 21 heavy (non-hydrogen) atoms. The van der Waals surface area contributed by atoms with Crippen LogP contribution < -0.4 is 10.5 Å². The van der Waals surface area contributed by atoms with Gasteiger partial charge in [0.25, 0.3) is 0 Å². The average molecular weight is 287 g/mol. The highest BCUT2D eigenvalue weighted by Gasteiger charge is 2.41. The maximum atomic E-state index is 6.19. The second-order valence-corrected chi connectivity index (χ2v) is 5.57. The van der Waals surface area contributed by atoms with Crippen LogP contribution in [0.25, 0.3) is 0 Å². The van der Waals surface area contributed by atoms with Crippen molar-refractivity contribution in [3.8, 4) is 17.6 Å². The Balaban J connectivity index is 1.71. The molecule has 1 spiro atoms. The summed E-state index contributed by atoms with van der Waals surface area (Å²) >= 11 is 0. The van der Waals surface area contributed by atoms with Crippen LogP contribution >= 0.6 is 0 Å². The van der Waals surface area contributed by atoms with Gasteiger partial charge in [0.2, 0.25) is 0 Å². The summed E-state index contributed by atoms with van der Waals surface area (Å²) in [6, 6.07) is 7.86. The molecular formula is C17H21NO3. The van der Waals surface area contributed by atoms with E-state index in [1.807, 2.05) is 24.3 Å². The highest BCUT2D eigenvalue weighted by atomic mass is 16.6. The van der Waals surface area contributed by atoms with Crippen molar-refractivity contribution in [2.75, 3.05) is 26.4 Å². The molecule has 0 aromatic heterocycles. The third kappa shape index (κ3) is 3.38. The minimum atomic E-state index is -0.138. The molecule has 2 heterocycles. The van der Waals surface area contributed by atoms with Crippen molar-refractivity contribution in [3.63, 3.8) is 0 Å². The van der Waals surface area contributed by atoms with Crippen LogP contribution in [0.4, 0.5) is 0 Å². The molecule has 3 rings (SSSR count). The molecule has 2 fully saturated rings. The predicted octanol–water partition coefficient (Wildman–Crippen LogP) is 1.71. The molecule has 1 aromatic rings. The molecule has 112 valence electrons. The van der Waals surface area contributed by atoms with Gasteiger partial charge in [-0.1, -0.05) is 24.0 Å². The minimum absolute atomic E-state index is 0.138. The lowest BCUT2D eigenvalue weighted by Crippen LogP contribution is -2.44. The van der Waals surface area contributed by atoms with Crippen molar-refractivity contribution in [1.82, 2.24) is 0 Å². The van der Waals surface area contributed by atoms with E-state index in [4.69, 9.17) is 19.9 Å². The molecule has 0 aliphatic carbocycles. The van der Waals surface area contributed by atoms with E-state index in [0.717, 1.165) is 43.8 Å². The van der Waals surface area contributed by atoms with Crippen LogP contribution in [0.15, 0.2) is 24.3 Å². The Labute approximate surface area is 125 Å². The molecule has 2 aliphatic heterocycles. The van der Waals surface area contributed by atoms with E-state index < -0.39 is 0 Å². The van der Waals surface area contributed by atoms with E-state index in [-0.39, 0.29) is 11.7 Å². The van der Waals surface area contributed by atoms with Gasteiger partial charge in [-0.2, -0.15) is 0 Å². The number of benzene rings is 1. The Morgan fingerprint density at radius 2 is 2.24 bits per heavy atom. The van der Waals surface area contributed by atoms with E-state index in [9.17, 15) is 0 Å². The molecule has 2 atom stereocenters. The first-order valence-corrected chi connectivity index (χ1v) is 7.48. The molecule has 0 saturated carbocycles. The Hall–Kier alpha value is -1.54. The first-order chi connectivity index (χ1) is 10.3. The second-order valence-electron chi connectivity index (χ2n) is 5.57. The van der Waals surface area contributed by atoms with E-state index in [0.29, 0.717) is 13.2 Å². The Kier molecular flexibility index (Phi) is 4.45. The fourth-order valence-corrected chi connectivity index (χ4v) is 2.95. The number of rotatable bonds is 2. The first-order valence-electron chi connectivity index (χ1n) is 7.48. The van der Waals surface area contributed by atoms with E-state index in [1.165, 1.54) is 0 Å². The number of hydrogen-bond acceptors (Lipinski definition) is 4. The molecule has 2 unspecified atom stereocenters. The quantitative estimate of drug-likeness (QED) is 0.841. The van der Waals surface area contributed by atoms with Gasteiger partial charge in [-0.15, -0.1) is 0 Å². The normalized spacial score (nSPS) is 28.1. The Bertz CT molecular complexity index is 540. The molecule has 2 aliphatic rings. The summed E-state index contributed by atoms with van der Waals surface area (Å²) in [6.45, 7) is 2.55. The van der Waals surface area contributed by atoms with Gasteiger partial charge in [-0.05, 0) is 12.1 Å². The standard InChI is InChI=1S/C17H21NO3/c18-9-3-5-14-4-1-2-6-16(14)21-15-7-10-20-17(12-15)8-11-19-13-17/h1-2,4,6,15H,7-13,18H2. The van der Waals surface area contributed by atoms with Crippen LogP contribution in [0, 0.1) is 11.8 Å².